The van der Waals surface area contributed by atoms with Gasteiger partial charge in [0.15, 0.2) is 0 Å². The van der Waals surface area contributed by atoms with Crippen LogP contribution in [0.4, 0.5) is 0 Å². The zero-order valence-electron chi connectivity index (χ0n) is 15.5. The largest absolute Gasteiger partial charge is 0.337 e. The lowest BCUT2D eigenvalue weighted by atomic mass is 10.1. The average molecular weight is 415 g/mol. The third-order valence-electron chi connectivity index (χ3n) is 4.36. The first-order valence-corrected chi connectivity index (χ1v) is 10.6. The molecule has 0 aliphatic carbocycles. The van der Waals surface area contributed by atoms with E-state index in [-0.39, 0.29) is 4.90 Å². The van der Waals surface area contributed by atoms with Gasteiger partial charge in [-0.1, -0.05) is 37.6 Å². The second-order valence-electron chi connectivity index (χ2n) is 6.08. The summed E-state index contributed by atoms with van der Waals surface area (Å²) in [5, 5.41) is 9.25. The summed E-state index contributed by atoms with van der Waals surface area (Å²) in [6.07, 6.45) is 1.73. The molecule has 0 spiro atoms. The van der Waals surface area contributed by atoms with E-state index in [1.165, 1.54) is 4.31 Å². The van der Waals surface area contributed by atoms with Gasteiger partial charge in [-0.3, -0.25) is 0 Å². The zero-order valence-corrected chi connectivity index (χ0v) is 17.0. The number of hydrogen-bond donors (Lipinski definition) is 1. The molecule has 3 rings (SSSR count). The van der Waals surface area contributed by atoms with Crippen LogP contribution in [0.2, 0.25) is 0 Å². The van der Waals surface area contributed by atoms with Crippen LogP contribution in [0, 0.1) is 11.3 Å². The summed E-state index contributed by atoms with van der Waals surface area (Å²) < 4.78 is 26.8. The maximum atomic E-state index is 12.7. The minimum atomic E-state index is -3.55. The highest BCUT2D eigenvalue weighted by Gasteiger charge is 2.22. The van der Waals surface area contributed by atoms with E-state index in [4.69, 9.17) is 16.9 Å². The van der Waals surface area contributed by atoms with Crippen LogP contribution in [0.15, 0.2) is 47.4 Å². The summed E-state index contributed by atoms with van der Waals surface area (Å²) in [7, 11) is -3.55. The molecule has 0 fully saturated rings. The maximum absolute atomic E-state index is 12.7. The Kier molecular flexibility index (Phi) is 5.84. The van der Waals surface area contributed by atoms with Gasteiger partial charge in [0.05, 0.1) is 32.6 Å². The number of hydrogen-bond acceptors (Lipinski definition) is 4. The fourth-order valence-corrected chi connectivity index (χ4v) is 4.54. The van der Waals surface area contributed by atoms with E-state index in [0.717, 1.165) is 5.56 Å². The molecule has 0 amide bonds. The van der Waals surface area contributed by atoms with Crippen LogP contribution in [0.3, 0.4) is 0 Å². The van der Waals surface area contributed by atoms with Gasteiger partial charge in [-0.25, -0.2) is 13.4 Å². The van der Waals surface area contributed by atoms with Gasteiger partial charge in [0.2, 0.25) is 10.0 Å². The summed E-state index contributed by atoms with van der Waals surface area (Å²) >= 11 is 6.39. The normalized spacial score (nSPS) is 12.5. The number of nitrogens with zero attached hydrogens (tertiary/aromatic N) is 3. The lowest BCUT2D eigenvalue weighted by molar-refractivity contribution is 0.445. The molecule has 0 bridgehead atoms. The Labute approximate surface area is 169 Å². The van der Waals surface area contributed by atoms with Crippen LogP contribution >= 0.6 is 11.6 Å². The highest BCUT2D eigenvalue weighted by atomic mass is 35.5. The fourth-order valence-electron chi connectivity index (χ4n) is 2.84. The molecule has 0 atom stereocenters. The molecule has 0 saturated carbocycles. The summed E-state index contributed by atoms with van der Waals surface area (Å²) in [5.74, 6) is 0.443. The minimum absolute atomic E-state index is 0.214. The van der Waals surface area contributed by atoms with E-state index in [1.807, 2.05) is 13.8 Å². The molecule has 144 valence electrons. The van der Waals surface area contributed by atoms with E-state index < -0.39 is 10.0 Å². The molecule has 0 aliphatic rings. The van der Waals surface area contributed by atoms with Crippen molar-refractivity contribution in [2.24, 2.45) is 0 Å². The summed E-state index contributed by atoms with van der Waals surface area (Å²) in [5.41, 5.74) is 2.61. The molecule has 28 heavy (non-hydrogen) atoms. The van der Waals surface area contributed by atoms with Gasteiger partial charge in [0, 0.05) is 13.1 Å². The maximum Gasteiger partial charge on any atom is 0.243 e. The number of rotatable bonds is 6. The number of halogens is 1. The van der Waals surface area contributed by atoms with Crippen molar-refractivity contribution in [2.45, 2.75) is 18.7 Å². The number of nitrogens with one attached hydrogen (secondary N) is 1. The molecule has 0 radical (unpaired) electrons. The molecule has 0 unspecified atom stereocenters. The number of nitriles is 1. The second-order valence-corrected chi connectivity index (χ2v) is 8.42. The van der Waals surface area contributed by atoms with Gasteiger partial charge in [-0.05, 0) is 42.0 Å². The first-order valence-electron chi connectivity index (χ1n) is 8.76. The van der Waals surface area contributed by atoms with Crippen molar-refractivity contribution in [3.63, 3.8) is 0 Å². The molecule has 0 aliphatic heterocycles. The van der Waals surface area contributed by atoms with Gasteiger partial charge in [-0.15, -0.1) is 0 Å². The average Bonchev–Trinajstić information content (AvgIpc) is 3.13. The summed E-state index contributed by atoms with van der Waals surface area (Å²) in [6.45, 7) is 4.43. The Balaban J connectivity index is 1.96. The predicted molar refractivity (Wildman–Crippen MR) is 111 cm³/mol. The van der Waals surface area contributed by atoms with Crippen molar-refractivity contribution < 1.29 is 8.42 Å². The third-order valence-corrected chi connectivity index (χ3v) is 6.69. The van der Waals surface area contributed by atoms with E-state index in [1.54, 1.807) is 48.5 Å². The number of fused-ring (bicyclic) bond motifs is 1. The van der Waals surface area contributed by atoms with Gasteiger partial charge >= 0.3 is 0 Å². The molecule has 1 N–H and O–H groups in total. The van der Waals surface area contributed by atoms with Gasteiger partial charge in [-0.2, -0.15) is 9.57 Å². The molecule has 2 aromatic carbocycles. The molecular weight excluding hydrogens is 396 g/mol. The van der Waals surface area contributed by atoms with Gasteiger partial charge in [0.1, 0.15) is 5.82 Å². The predicted octanol–water partition coefficient (Wildman–Crippen LogP) is 4.20. The third kappa shape index (κ3) is 3.94. The Hall–Kier alpha value is -2.66. The van der Waals surface area contributed by atoms with Crippen molar-refractivity contribution >= 4 is 43.8 Å². The van der Waals surface area contributed by atoms with Crippen LogP contribution in [0.5, 0.6) is 0 Å². The minimum Gasteiger partial charge on any atom is -0.337 e. The monoisotopic (exact) mass is 414 g/mol. The highest BCUT2D eigenvalue weighted by molar-refractivity contribution is 7.89. The Morgan fingerprint density at radius 3 is 2.50 bits per heavy atom. The number of aromatic amines is 1. The van der Waals surface area contributed by atoms with Crippen molar-refractivity contribution in [2.75, 3.05) is 13.1 Å². The Morgan fingerprint density at radius 2 is 1.89 bits per heavy atom. The molecule has 3 aromatic rings. The smallest absolute Gasteiger partial charge is 0.243 e. The topological polar surface area (TPSA) is 89.8 Å². The van der Waals surface area contributed by atoms with Crippen LogP contribution < -0.4 is 0 Å². The quantitative estimate of drug-likeness (QED) is 0.654. The highest BCUT2D eigenvalue weighted by Crippen LogP contribution is 2.25. The molecular formula is C20H19ClN4O2S. The van der Waals surface area contributed by atoms with Crippen molar-refractivity contribution in [3.8, 4) is 6.07 Å². The van der Waals surface area contributed by atoms with Crippen molar-refractivity contribution in [3.05, 3.63) is 59.4 Å². The van der Waals surface area contributed by atoms with Crippen LogP contribution in [0.1, 0.15) is 30.8 Å². The van der Waals surface area contributed by atoms with E-state index in [2.05, 4.69) is 16.0 Å². The van der Waals surface area contributed by atoms with Crippen molar-refractivity contribution in [1.82, 2.24) is 14.3 Å². The Bertz CT molecular complexity index is 1170. The van der Waals surface area contributed by atoms with Gasteiger partial charge < -0.3 is 4.98 Å². The van der Waals surface area contributed by atoms with Crippen LogP contribution in [0.25, 0.3) is 22.1 Å². The van der Waals surface area contributed by atoms with E-state index in [0.29, 0.717) is 40.5 Å². The fraction of sp³-hybridized carbons (Fsp3) is 0.200. The number of sulfonamides is 1. The molecule has 8 heteroatoms. The summed E-state index contributed by atoms with van der Waals surface area (Å²) in [4.78, 5) is 7.73. The number of H-pyrrole nitrogens is 1. The molecule has 0 saturated heterocycles. The van der Waals surface area contributed by atoms with Crippen LogP contribution in [-0.2, 0) is 10.0 Å². The zero-order chi connectivity index (χ0) is 20.3. The lowest BCUT2D eigenvalue weighted by Crippen LogP contribution is -2.30. The number of imidazole rings is 1. The number of aromatic nitrogens is 2. The molecule has 1 heterocycles. The molecule has 6 nitrogen and oxygen atoms in total. The molecule has 1 aromatic heterocycles. The lowest BCUT2D eigenvalue weighted by Gasteiger charge is -2.18. The van der Waals surface area contributed by atoms with Crippen LogP contribution in [-0.4, -0.2) is 35.8 Å². The van der Waals surface area contributed by atoms with E-state index >= 15 is 0 Å². The Morgan fingerprint density at radius 1 is 1.21 bits per heavy atom. The second kappa shape index (κ2) is 8.15. The summed E-state index contributed by atoms with van der Waals surface area (Å²) in [6, 6.07) is 13.9. The SMILES string of the molecule is CCN(CC)S(=O)(=O)c1ccc2nc(/C(Cl)=C/c3ccc(C#N)cc3)[nH]c2c1. The van der Waals surface area contributed by atoms with Gasteiger partial charge in [0.25, 0.3) is 0 Å². The first kappa shape index (κ1) is 20.1. The first-order chi connectivity index (χ1) is 13.4. The van der Waals surface area contributed by atoms with Crippen molar-refractivity contribution in [1.29, 1.82) is 5.26 Å². The standard InChI is InChI=1S/C20H19ClN4O2S/c1-3-25(4-2)28(26,27)16-9-10-18-19(12-16)24-20(23-18)17(21)11-14-5-7-15(13-22)8-6-14/h5-12H,3-4H2,1-2H3,(H,23,24)/b17-11-. The number of benzene rings is 2. The van der Waals surface area contributed by atoms with E-state index in [9.17, 15) is 8.42 Å².